The van der Waals surface area contributed by atoms with E-state index in [9.17, 15) is 4.79 Å². The highest BCUT2D eigenvalue weighted by Gasteiger charge is 2.22. The topological polar surface area (TPSA) is 84.1 Å². The number of carbonyl (C=O) groups excluding carboxylic acids is 1. The third kappa shape index (κ3) is 2.11. The minimum Gasteiger partial charge on any atom is -0.366 e. The van der Waals surface area contributed by atoms with Gasteiger partial charge in [0, 0.05) is 31.5 Å². The van der Waals surface area contributed by atoms with Crippen LogP contribution in [0.4, 0.5) is 5.95 Å². The van der Waals surface area contributed by atoms with Gasteiger partial charge in [-0.15, -0.1) is 0 Å². The number of aromatic nitrogens is 2. The second-order valence-electron chi connectivity index (χ2n) is 3.86. The Morgan fingerprint density at radius 1 is 1.56 bits per heavy atom. The van der Waals surface area contributed by atoms with Crippen LogP contribution in [0.2, 0.25) is 0 Å². The van der Waals surface area contributed by atoms with Crippen molar-refractivity contribution in [1.29, 1.82) is 0 Å². The van der Waals surface area contributed by atoms with Crippen LogP contribution in [-0.4, -0.2) is 42.1 Å². The summed E-state index contributed by atoms with van der Waals surface area (Å²) in [4.78, 5) is 21.2. The van der Waals surface area contributed by atoms with Crippen molar-refractivity contribution in [2.24, 2.45) is 5.73 Å². The van der Waals surface area contributed by atoms with Crippen molar-refractivity contribution in [2.75, 3.05) is 25.0 Å². The molecule has 3 N–H and O–H groups in total. The number of nitrogens with zero attached hydrogens (tertiary/aromatic N) is 3. The van der Waals surface area contributed by atoms with E-state index in [0.29, 0.717) is 17.6 Å². The van der Waals surface area contributed by atoms with Gasteiger partial charge < -0.3 is 16.0 Å². The number of rotatable bonds is 3. The lowest BCUT2D eigenvalue weighted by atomic mass is 10.3. The van der Waals surface area contributed by atoms with E-state index in [1.165, 1.54) is 12.4 Å². The Kier molecular flexibility index (Phi) is 3.00. The van der Waals surface area contributed by atoms with Gasteiger partial charge in [-0.3, -0.25) is 4.79 Å². The molecule has 0 spiro atoms. The SMILES string of the molecule is CNC1CCN(c2ncc(C(N)=O)cn2)C1. The van der Waals surface area contributed by atoms with E-state index in [-0.39, 0.29) is 0 Å². The molecule has 1 amide bonds. The first-order valence-electron chi connectivity index (χ1n) is 5.24. The van der Waals surface area contributed by atoms with Crippen molar-refractivity contribution >= 4 is 11.9 Å². The Bertz CT molecular complexity index is 377. The molecule has 0 bridgehead atoms. The van der Waals surface area contributed by atoms with Crippen LogP contribution in [0.3, 0.4) is 0 Å². The van der Waals surface area contributed by atoms with Gasteiger partial charge >= 0.3 is 0 Å². The molecule has 0 radical (unpaired) electrons. The maximum Gasteiger partial charge on any atom is 0.251 e. The lowest BCUT2D eigenvalue weighted by Crippen LogP contribution is -2.30. The third-order valence-corrected chi connectivity index (χ3v) is 2.80. The fourth-order valence-electron chi connectivity index (χ4n) is 1.79. The fraction of sp³-hybridized carbons (Fsp3) is 0.500. The second-order valence-corrected chi connectivity index (χ2v) is 3.86. The molecule has 1 atom stereocenters. The molecule has 86 valence electrons. The standard InChI is InChI=1S/C10H15N5O/c1-12-8-2-3-15(6-8)10-13-4-7(5-14-10)9(11)16/h4-5,8,12H,2-3,6H2,1H3,(H2,11,16). The molecular weight excluding hydrogens is 206 g/mol. The minimum atomic E-state index is -0.499. The van der Waals surface area contributed by atoms with Crippen LogP contribution in [0.25, 0.3) is 0 Å². The summed E-state index contributed by atoms with van der Waals surface area (Å²) in [6.07, 6.45) is 4.02. The Balaban J connectivity index is 2.08. The van der Waals surface area contributed by atoms with Gasteiger partial charge in [0.15, 0.2) is 0 Å². The molecule has 0 saturated carbocycles. The highest BCUT2D eigenvalue weighted by molar-refractivity contribution is 5.92. The summed E-state index contributed by atoms with van der Waals surface area (Å²) in [6, 6.07) is 0.486. The summed E-state index contributed by atoms with van der Waals surface area (Å²) in [5.41, 5.74) is 5.46. The molecule has 1 aliphatic heterocycles. The van der Waals surface area contributed by atoms with E-state index in [1.54, 1.807) is 0 Å². The van der Waals surface area contributed by atoms with E-state index < -0.39 is 5.91 Å². The lowest BCUT2D eigenvalue weighted by Gasteiger charge is -2.15. The lowest BCUT2D eigenvalue weighted by molar-refractivity contribution is 0.0999. The van der Waals surface area contributed by atoms with Gasteiger partial charge in [0.25, 0.3) is 5.91 Å². The maximum absolute atomic E-state index is 10.9. The average Bonchev–Trinajstić information content (AvgIpc) is 2.77. The van der Waals surface area contributed by atoms with Crippen LogP contribution in [0, 0.1) is 0 Å². The number of primary amides is 1. The Hall–Kier alpha value is -1.69. The first-order valence-corrected chi connectivity index (χ1v) is 5.24. The van der Waals surface area contributed by atoms with E-state index >= 15 is 0 Å². The number of amides is 1. The number of anilines is 1. The van der Waals surface area contributed by atoms with Crippen molar-refractivity contribution in [2.45, 2.75) is 12.5 Å². The van der Waals surface area contributed by atoms with Gasteiger partial charge in [-0.2, -0.15) is 0 Å². The molecule has 1 aromatic rings. The molecule has 1 saturated heterocycles. The first-order chi connectivity index (χ1) is 7.70. The summed E-state index contributed by atoms with van der Waals surface area (Å²) in [5.74, 6) is 0.156. The van der Waals surface area contributed by atoms with Crippen LogP contribution in [0.5, 0.6) is 0 Å². The van der Waals surface area contributed by atoms with Gasteiger partial charge in [0.05, 0.1) is 5.56 Å². The summed E-state index contributed by atoms with van der Waals surface area (Å²) in [5, 5.41) is 3.22. The highest BCUT2D eigenvalue weighted by atomic mass is 16.1. The third-order valence-electron chi connectivity index (χ3n) is 2.80. The van der Waals surface area contributed by atoms with Gasteiger partial charge in [-0.1, -0.05) is 0 Å². The van der Waals surface area contributed by atoms with E-state index in [0.717, 1.165) is 19.5 Å². The summed E-state index contributed by atoms with van der Waals surface area (Å²) >= 11 is 0. The van der Waals surface area contributed by atoms with Crippen molar-refractivity contribution in [3.8, 4) is 0 Å². The van der Waals surface area contributed by atoms with Crippen LogP contribution >= 0.6 is 0 Å². The number of hydrogen-bond acceptors (Lipinski definition) is 5. The highest BCUT2D eigenvalue weighted by Crippen LogP contribution is 2.15. The molecule has 1 fully saturated rings. The fourth-order valence-corrected chi connectivity index (χ4v) is 1.79. The van der Waals surface area contributed by atoms with Crippen molar-refractivity contribution in [3.05, 3.63) is 18.0 Å². The van der Waals surface area contributed by atoms with E-state index in [2.05, 4.69) is 20.2 Å². The van der Waals surface area contributed by atoms with Crippen LogP contribution in [-0.2, 0) is 0 Å². The van der Waals surface area contributed by atoms with Crippen LogP contribution in [0.15, 0.2) is 12.4 Å². The molecule has 1 aliphatic rings. The predicted octanol–water partition coefficient (Wildman–Crippen LogP) is -0.626. The summed E-state index contributed by atoms with van der Waals surface area (Å²) < 4.78 is 0. The molecular formula is C10H15N5O. The van der Waals surface area contributed by atoms with Crippen LogP contribution < -0.4 is 16.0 Å². The molecule has 0 aromatic carbocycles. The molecule has 6 nitrogen and oxygen atoms in total. The van der Waals surface area contributed by atoms with Gasteiger partial charge in [-0.25, -0.2) is 9.97 Å². The molecule has 1 aromatic heterocycles. The Morgan fingerprint density at radius 2 is 2.25 bits per heavy atom. The van der Waals surface area contributed by atoms with Crippen LogP contribution in [0.1, 0.15) is 16.8 Å². The van der Waals surface area contributed by atoms with Gasteiger partial charge in [0.1, 0.15) is 0 Å². The molecule has 2 heterocycles. The van der Waals surface area contributed by atoms with Crippen molar-refractivity contribution in [3.63, 3.8) is 0 Å². The number of hydrogen-bond donors (Lipinski definition) is 2. The zero-order valence-corrected chi connectivity index (χ0v) is 9.18. The second kappa shape index (κ2) is 4.44. The Morgan fingerprint density at radius 3 is 2.75 bits per heavy atom. The predicted molar refractivity (Wildman–Crippen MR) is 60.2 cm³/mol. The summed E-state index contributed by atoms with van der Waals surface area (Å²) in [6.45, 7) is 1.83. The molecule has 0 aliphatic carbocycles. The number of likely N-dealkylation sites (N-methyl/N-ethyl adjacent to an activating group) is 1. The molecule has 1 unspecified atom stereocenters. The number of nitrogens with one attached hydrogen (secondary N) is 1. The zero-order chi connectivity index (χ0) is 11.5. The molecule has 6 heteroatoms. The minimum absolute atomic E-state index is 0.341. The average molecular weight is 221 g/mol. The Labute approximate surface area is 93.9 Å². The largest absolute Gasteiger partial charge is 0.366 e. The molecule has 2 rings (SSSR count). The number of nitrogens with two attached hydrogens (primary N) is 1. The maximum atomic E-state index is 10.9. The van der Waals surface area contributed by atoms with E-state index in [4.69, 9.17) is 5.73 Å². The monoisotopic (exact) mass is 221 g/mol. The van der Waals surface area contributed by atoms with Crippen molar-refractivity contribution < 1.29 is 4.79 Å². The van der Waals surface area contributed by atoms with Gasteiger partial charge in [-0.05, 0) is 13.5 Å². The molecule has 16 heavy (non-hydrogen) atoms. The quantitative estimate of drug-likeness (QED) is 0.710. The van der Waals surface area contributed by atoms with Crippen molar-refractivity contribution in [1.82, 2.24) is 15.3 Å². The first kappa shape index (κ1) is 10.8. The van der Waals surface area contributed by atoms with Gasteiger partial charge in [0.2, 0.25) is 5.95 Å². The number of carbonyl (C=O) groups is 1. The smallest absolute Gasteiger partial charge is 0.251 e. The normalized spacial score (nSPS) is 20.1. The van der Waals surface area contributed by atoms with E-state index in [1.807, 2.05) is 7.05 Å². The zero-order valence-electron chi connectivity index (χ0n) is 9.18. The summed E-state index contributed by atoms with van der Waals surface area (Å²) in [7, 11) is 1.95.